The molecule has 10 heteroatoms. The van der Waals surface area contributed by atoms with Gasteiger partial charge in [-0.3, -0.25) is 9.78 Å². The zero-order valence-corrected chi connectivity index (χ0v) is 18.3. The van der Waals surface area contributed by atoms with Crippen LogP contribution in [-0.4, -0.2) is 41.9 Å². The average molecular weight is 459 g/mol. The molecule has 1 heterocycles. The van der Waals surface area contributed by atoms with Crippen LogP contribution in [0.5, 0.6) is 11.5 Å². The molecule has 1 fully saturated rings. The first kappa shape index (κ1) is 24.8. The van der Waals surface area contributed by atoms with E-state index >= 15 is 0 Å². The monoisotopic (exact) mass is 458 g/mol. The van der Waals surface area contributed by atoms with Gasteiger partial charge in [-0.2, -0.15) is 26.7 Å². The van der Waals surface area contributed by atoms with Gasteiger partial charge in [0.05, 0.1) is 25.5 Å². The van der Waals surface area contributed by atoms with Crippen molar-refractivity contribution in [2.24, 2.45) is 0 Å². The van der Waals surface area contributed by atoms with Crippen molar-refractivity contribution in [2.75, 3.05) is 13.7 Å². The molecule has 1 aliphatic rings. The number of nitrogens with one attached hydrogen (secondary N) is 1. The molecule has 1 aromatic heterocycles. The molecule has 1 unspecified atom stereocenters. The van der Waals surface area contributed by atoms with Crippen LogP contribution in [0.15, 0.2) is 30.3 Å². The zero-order valence-electron chi connectivity index (χ0n) is 17.3. The van der Waals surface area contributed by atoms with Crippen molar-refractivity contribution >= 4 is 19.4 Å². The number of hydrogen-bond donors (Lipinski definition) is 2. The lowest BCUT2D eigenvalue weighted by Crippen LogP contribution is -2.51. The fraction of sp³-hybridized carbons (Fsp3) is 0.429. The summed E-state index contributed by atoms with van der Waals surface area (Å²) in [5.74, 6) is -0.0306. The second kappa shape index (κ2) is 9.35. The molecule has 2 N–H and O–H groups in total. The summed E-state index contributed by atoms with van der Waals surface area (Å²) >= 11 is 0. The van der Waals surface area contributed by atoms with Crippen LogP contribution in [0.4, 0.5) is 13.2 Å². The standard InChI is InChI=1S/C21H23F3N2O4.H2S/c1-12-4-9-18(26-13(12)2)20(28,21(22,23)24)11-25-19(27)14-5-8-16(17(10-14)29-3)30-15-6-7-15;/h4-5,8-10,15,28H,6-7,11H2,1-3H3,(H,25,27);1H2. The Morgan fingerprint density at radius 1 is 1.19 bits per heavy atom. The van der Waals surface area contributed by atoms with Crippen molar-refractivity contribution in [1.82, 2.24) is 10.3 Å². The number of carbonyl (C=O) groups is 1. The largest absolute Gasteiger partial charge is 0.493 e. The Morgan fingerprint density at radius 3 is 2.42 bits per heavy atom. The highest BCUT2D eigenvalue weighted by Crippen LogP contribution is 2.38. The van der Waals surface area contributed by atoms with Gasteiger partial charge in [-0.15, -0.1) is 0 Å². The fourth-order valence-corrected chi connectivity index (χ4v) is 2.78. The van der Waals surface area contributed by atoms with E-state index in [2.05, 4.69) is 10.3 Å². The molecule has 1 saturated carbocycles. The highest BCUT2D eigenvalue weighted by Gasteiger charge is 2.56. The zero-order chi connectivity index (χ0) is 22.1. The van der Waals surface area contributed by atoms with Gasteiger partial charge in [0.25, 0.3) is 5.91 Å². The van der Waals surface area contributed by atoms with Crippen LogP contribution in [0.25, 0.3) is 0 Å². The van der Waals surface area contributed by atoms with Gasteiger partial charge in [-0.1, -0.05) is 6.07 Å². The van der Waals surface area contributed by atoms with Crippen LogP contribution in [0.1, 0.15) is 40.2 Å². The predicted molar refractivity (Wildman–Crippen MR) is 113 cm³/mol. The van der Waals surface area contributed by atoms with E-state index in [1.54, 1.807) is 13.8 Å². The van der Waals surface area contributed by atoms with Gasteiger partial charge in [0.15, 0.2) is 11.5 Å². The van der Waals surface area contributed by atoms with E-state index in [-0.39, 0.29) is 25.2 Å². The maximum absolute atomic E-state index is 13.7. The number of amides is 1. The fourth-order valence-electron chi connectivity index (χ4n) is 2.78. The molecule has 31 heavy (non-hydrogen) atoms. The molecule has 2 aromatic rings. The number of aryl methyl sites for hydroxylation is 2. The SMILES string of the molecule is COc1cc(C(=O)NCC(O)(c2ccc(C)c(C)n2)C(F)(F)F)ccc1OC1CC1.S. The van der Waals surface area contributed by atoms with Crippen molar-refractivity contribution in [3.05, 3.63) is 52.8 Å². The van der Waals surface area contributed by atoms with Gasteiger partial charge >= 0.3 is 6.18 Å². The lowest BCUT2D eigenvalue weighted by molar-refractivity contribution is -0.265. The molecule has 0 spiro atoms. The maximum atomic E-state index is 13.7. The molecule has 1 aromatic carbocycles. The number of aromatic nitrogens is 1. The van der Waals surface area contributed by atoms with Crippen LogP contribution < -0.4 is 14.8 Å². The minimum absolute atomic E-state index is 0. The first-order chi connectivity index (χ1) is 14.0. The summed E-state index contributed by atoms with van der Waals surface area (Å²) in [5.41, 5.74) is -2.79. The van der Waals surface area contributed by atoms with Gasteiger partial charge in [-0.25, -0.2) is 0 Å². The third kappa shape index (κ3) is 5.43. The van der Waals surface area contributed by atoms with Crippen molar-refractivity contribution in [3.63, 3.8) is 0 Å². The number of carbonyl (C=O) groups excluding carboxylic acids is 1. The summed E-state index contributed by atoms with van der Waals surface area (Å²) in [6.45, 7) is 2.16. The second-order valence-electron chi connectivity index (χ2n) is 7.32. The Morgan fingerprint density at radius 2 is 1.87 bits per heavy atom. The lowest BCUT2D eigenvalue weighted by Gasteiger charge is -2.30. The molecule has 6 nitrogen and oxygen atoms in total. The number of pyridine rings is 1. The number of methoxy groups -OCH3 is 1. The van der Waals surface area contributed by atoms with Crippen molar-refractivity contribution in [3.8, 4) is 11.5 Å². The summed E-state index contributed by atoms with van der Waals surface area (Å²) in [6.07, 6.45) is -3.05. The molecule has 0 saturated heterocycles. The number of rotatable bonds is 7. The molecule has 1 amide bonds. The van der Waals surface area contributed by atoms with E-state index in [0.717, 1.165) is 18.9 Å². The minimum atomic E-state index is -5.05. The quantitative estimate of drug-likeness (QED) is 0.664. The number of aliphatic hydroxyl groups is 1. The first-order valence-electron chi connectivity index (χ1n) is 9.42. The smallest absolute Gasteiger partial charge is 0.424 e. The van der Waals surface area contributed by atoms with Crippen molar-refractivity contribution in [2.45, 2.75) is 44.6 Å². The third-order valence-electron chi connectivity index (χ3n) is 4.99. The number of ether oxygens (including phenoxy) is 2. The summed E-state index contributed by atoms with van der Waals surface area (Å²) in [4.78, 5) is 16.4. The van der Waals surface area contributed by atoms with Crippen molar-refractivity contribution < 1.29 is 32.5 Å². The lowest BCUT2D eigenvalue weighted by atomic mass is 9.96. The van der Waals surface area contributed by atoms with E-state index in [1.807, 2.05) is 0 Å². The Labute approximate surface area is 185 Å². The van der Waals surface area contributed by atoms with E-state index in [4.69, 9.17) is 9.47 Å². The maximum Gasteiger partial charge on any atom is 0.424 e. The molecule has 3 rings (SSSR count). The van der Waals surface area contributed by atoms with Gasteiger partial charge in [-0.05, 0) is 56.5 Å². The first-order valence-corrected chi connectivity index (χ1v) is 9.42. The Hall–Kier alpha value is -2.46. The van der Waals surface area contributed by atoms with Gasteiger partial charge in [0, 0.05) is 11.3 Å². The predicted octanol–water partition coefficient (Wildman–Crippen LogP) is 3.54. The van der Waals surface area contributed by atoms with E-state index in [0.29, 0.717) is 22.8 Å². The molecule has 170 valence electrons. The normalized spacial score (nSPS) is 15.5. The molecule has 0 aliphatic heterocycles. The van der Waals surface area contributed by atoms with Crippen LogP contribution in [0, 0.1) is 13.8 Å². The second-order valence-corrected chi connectivity index (χ2v) is 7.32. The Balaban J connectivity index is 0.00000341. The topological polar surface area (TPSA) is 80.7 Å². The van der Waals surface area contributed by atoms with Crippen LogP contribution in [0.3, 0.4) is 0 Å². The summed E-state index contributed by atoms with van der Waals surface area (Å²) in [6, 6.07) is 6.89. The highest BCUT2D eigenvalue weighted by molar-refractivity contribution is 7.59. The third-order valence-corrected chi connectivity index (χ3v) is 4.99. The minimum Gasteiger partial charge on any atom is -0.493 e. The summed E-state index contributed by atoms with van der Waals surface area (Å²) < 4.78 is 52.0. The van der Waals surface area contributed by atoms with Crippen LogP contribution >= 0.6 is 13.5 Å². The Bertz CT molecular complexity index is 951. The number of nitrogens with zero attached hydrogens (tertiary/aromatic N) is 1. The molecular formula is C21H25F3N2O4S. The molecule has 1 aliphatic carbocycles. The van der Waals surface area contributed by atoms with Gasteiger partial charge in [0.2, 0.25) is 5.60 Å². The number of halogens is 3. The number of alkyl halides is 3. The van der Waals surface area contributed by atoms with E-state index in [1.165, 1.54) is 31.4 Å². The molecular weight excluding hydrogens is 433 g/mol. The molecule has 0 radical (unpaired) electrons. The Kier molecular flexibility index (Phi) is 7.48. The molecule has 1 atom stereocenters. The average Bonchev–Trinajstić information content (AvgIpc) is 3.51. The number of hydrogen-bond acceptors (Lipinski definition) is 5. The summed E-state index contributed by atoms with van der Waals surface area (Å²) in [5, 5.41) is 12.6. The van der Waals surface area contributed by atoms with Gasteiger partial charge in [0.1, 0.15) is 0 Å². The highest BCUT2D eigenvalue weighted by atomic mass is 32.1. The van der Waals surface area contributed by atoms with E-state index < -0.39 is 29.9 Å². The van der Waals surface area contributed by atoms with Crippen molar-refractivity contribution in [1.29, 1.82) is 0 Å². The van der Waals surface area contributed by atoms with Gasteiger partial charge < -0.3 is 19.9 Å². The van der Waals surface area contributed by atoms with Crippen LogP contribution in [0.2, 0.25) is 0 Å². The molecule has 0 bridgehead atoms. The number of benzene rings is 1. The van der Waals surface area contributed by atoms with Crippen LogP contribution in [-0.2, 0) is 5.60 Å². The van der Waals surface area contributed by atoms with E-state index in [9.17, 15) is 23.1 Å². The summed E-state index contributed by atoms with van der Waals surface area (Å²) in [7, 11) is 1.41.